The fourth-order valence-corrected chi connectivity index (χ4v) is 3.23. The van der Waals surface area contributed by atoms with Crippen LogP contribution >= 0.6 is 0 Å². The van der Waals surface area contributed by atoms with Crippen molar-refractivity contribution in [3.05, 3.63) is 23.9 Å². The van der Waals surface area contributed by atoms with Gasteiger partial charge in [-0.15, -0.1) is 0 Å². The molecule has 3 rings (SSSR count). The molecule has 0 spiro atoms. The number of nitrogens with zero attached hydrogens (tertiary/aromatic N) is 2. The Balaban J connectivity index is 1.62. The van der Waals surface area contributed by atoms with Crippen molar-refractivity contribution in [3.63, 3.8) is 0 Å². The summed E-state index contributed by atoms with van der Waals surface area (Å²) >= 11 is 0. The Labute approximate surface area is 139 Å². The predicted molar refractivity (Wildman–Crippen MR) is 82.8 cm³/mol. The molecular formula is C16H22F3N3O2. The topological polar surface area (TPSA) is 46.6 Å². The van der Waals surface area contributed by atoms with Gasteiger partial charge in [0.05, 0.1) is 25.4 Å². The van der Waals surface area contributed by atoms with Crippen molar-refractivity contribution in [3.8, 4) is 0 Å². The number of aromatic nitrogens is 1. The van der Waals surface area contributed by atoms with Gasteiger partial charge in [-0.3, -0.25) is 4.90 Å². The molecule has 2 atom stereocenters. The maximum absolute atomic E-state index is 12.6. The standard InChI is InChI=1S/C16H22F3N3O2/c17-16(18,19)13-1-2-15(20-9-13)21-10-14(12-3-6-24-11-12)22-4-7-23-8-5-22/h1-2,9,12,14H,3-8,10-11H2,(H,20,21)/t12-,14+/m0/s1. The SMILES string of the molecule is FC(F)(F)c1ccc(NC[C@H]([C@H]2CCOC2)N2CCOCC2)nc1. The maximum atomic E-state index is 12.6. The summed E-state index contributed by atoms with van der Waals surface area (Å²) in [6, 6.07) is 2.70. The summed E-state index contributed by atoms with van der Waals surface area (Å²) in [7, 11) is 0. The van der Waals surface area contributed by atoms with E-state index in [1.54, 1.807) is 0 Å². The minimum Gasteiger partial charge on any atom is -0.381 e. The molecule has 0 amide bonds. The summed E-state index contributed by atoms with van der Waals surface area (Å²) in [4.78, 5) is 6.26. The van der Waals surface area contributed by atoms with Crippen LogP contribution in [0.25, 0.3) is 0 Å². The molecule has 1 N–H and O–H groups in total. The summed E-state index contributed by atoms with van der Waals surface area (Å²) in [6.07, 6.45) is -2.49. The van der Waals surface area contributed by atoms with Crippen molar-refractivity contribution in [1.29, 1.82) is 0 Å². The van der Waals surface area contributed by atoms with Gasteiger partial charge in [0, 0.05) is 44.4 Å². The van der Waals surface area contributed by atoms with Gasteiger partial charge in [0.25, 0.3) is 0 Å². The lowest BCUT2D eigenvalue weighted by Crippen LogP contribution is -2.50. The third kappa shape index (κ3) is 4.37. The van der Waals surface area contributed by atoms with Crippen molar-refractivity contribution in [2.24, 2.45) is 5.92 Å². The number of anilines is 1. The van der Waals surface area contributed by atoms with Gasteiger partial charge in [-0.05, 0) is 18.6 Å². The zero-order valence-corrected chi connectivity index (χ0v) is 13.4. The third-order valence-electron chi connectivity index (χ3n) is 4.61. The summed E-state index contributed by atoms with van der Waals surface area (Å²) in [6.45, 7) is 5.28. The molecule has 1 aromatic heterocycles. The van der Waals surface area contributed by atoms with Crippen LogP contribution in [0.5, 0.6) is 0 Å². The third-order valence-corrected chi connectivity index (χ3v) is 4.61. The van der Waals surface area contributed by atoms with Crippen LogP contribution in [0.3, 0.4) is 0 Å². The van der Waals surface area contributed by atoms with Gasteiger partial charge >= 0.3 is 6.18 Å². The second-order valence-electron chi connectivity index (χ2n) is 6.15. The van der Waals surface area contributed by atoms with E-state index in [1.165, 1.54) is 6.07 Å². The van der Waals surface area contributed by atoms with E-state index in [9.17, 15) is 13.2 Å². The molecule has 0 aromatic carbocycles. The minimum absolute atomic E-state index is 0.264. The lowest BCUT2D eigenvalue weighted by molar-refractivity contribution is -0.137. The van der Waals surface area contributed by atoms with Crippen LogP contribution in [-0.2, 0) is 15.7 Å². The molecular weight excluding hydrogens is 323 g/mol. The molecule has 5 nitrogen and oxygen atoms in total. The van der Waals surface area contributed by atoms with Crippen molar-refractivity contribution in [1.82, 2.24) is 9.88 Å². The lowest BCUT2D eigenvalue weighted by atomic mass is 9.97. The average Bonchev–Trinajstić information content (AvgIpc) is 3.10. The van der Waals surface area contributed by atoms with E-state index < -0.39 is 11.7 Å². The second kappa shape index (κ2) is 7.67. The van der Waals surface area contributed by atoms with E-state index in [0.29, 0.717) is 31.5 Å². The largest absolute Gasteiger partial charge is 0.417 e. The zero-order valence-electron chi connectivity index (χ0n) is 13.4. The summed E-state index contributed by atoms with van der Waals surface area (Å²) in [5.74, 6) is 0.880. The van der Waals surface area contributed by atoms with Crippen LogP contribution < -0.4 is 5.32 Å². The summed E-state index contributed by atoms with van der Waals surface area (Å²) < 4.78 is 48.7. The first-order valence-electron chi connectivity index (χ1n) is 8.21. The van der Waals surface area contributed by atoms with Crippen molar-refractivity contribution >= 4 is 5.82 Å². The van der Waals surface area contributed by atoms with Gasteiger partial charge in [-0.25, -0.2) is 4.98 Å². The van der Waals surface area contributed by atoms with E-state index in [1.807, 2.05) is 0 Å². The smallest absolute Gasteiger partial charge is 0.381 e. The fourth-order valence-electron chi connectivity index (χ4n) is 3.23. The highest BCUT2D eigenvalue weighted by Crippen LogP contribution is 2.29. The first-order valence-corrected chi connectivity index (χ1v) is 8.21. The van der Waals surface area contributed by atoms with E-state index in [-0.39, 0.29) is 6.04 Å². The number of pyridine rings is 1. The number of hydrogen-bond acceptors (Lipinski definition) is 5. The van der Waals surface area contributed by atoms with Crippen LogP contribution in [0.1, 0.15) is 12.0 Å². The van der Waals surface area contributed by atoms with Crippen molar-refractivity contribution in [2.75, 3.05) is 51.4 Å². The number of ether oxygens (including phenoxy) is 2. The van der Waals surface area contributed by atoms with E-state index in [0.717, 1.165) is 45.0 Å². The van der Waals surface area contributed by atoms with Crippen LogP contribution in [0, 0.1) is 5.92 Å². The highest BCUT2D eigenvalue weighted by atomic mass is 19.4. The highest BCUT2D eigenvalue weighted by molar-refractivity contribution is 5.36. The Morgan fingerprint density at radius 2 is 2.00 bits per heavy atom. The second-order valence-corrected chi connectivity index (χ2v) is 6.15. The van der Waals surface area contributed by atoms with Gasteiger partial charge in [0.1, 0.15) is 5.82 Å². The molecule has 2 aliphatic heterocycles. The number of alkyl halides is 3. The van der Waals surface area contributed by atoms with E-state index in [4.69, 9.17) is 9.47 Å². The molecule has 2 aliphatic rings. The Hall–Kier alpha value is -1.38. The van der Waals surface area contributed by atoms with Gasteiger partial charge < -0.3 is 14.8 Å². The molecule has 0 saturated carbocycles. The molecule has 2 fully saturated rings. The molecule has 8 heteroatoms. The van der Waals surface area contributed by atoms with Crippen molar-refractivity contribution in [2.45, 2.75) is 18.6 Å². The zero-order chi connectivity index (χ0) is 17.0. The molecule has 0 radical (unpaired) electrons. The van der Waals surface area contributed by atoms with Crippen LogP contribution in [0.4, 0.5) is 19.0 Å². The highest BCUT2D eigenvalue weighted by Gasteiger charge is 2.32. The molecule has 0 unspecified atom stereocenters. The van der Waals surface area contributed by atoms with Gasteiger partial charge in [0.2, 0.25) is 0 Å². The minimum atomic E-state index is -4.36. The number of halogens is 3. The lowest BCUT2D eigenvalue weighted by Gasteiger charge is -2.37. The van der Waals surface area contributed by atoms with E-state index >= 15 is 0 Å². The number of rotatable bonds is 5. The number of morpholine rings is 1. The molecule has 1 aromatic rings. The molecule has 2 saturated heterocycles. The number of nitrogens with one attached hydrogen (secondary N) is 1. The quantitative estimate of drug-likeness (QED) is 0.887. The monoisotopic (exact) mass is 345 g/mol. The molecule has 24 heavy (non-hydrogen) atoms. The Bertz CT molecular complexity index is 512. The van der Waals surface area contributed by atoms with Gasteiger partial charge in [0.15, 0.2) is 0 Å². The fraction of sp³-hybridized carbons (Fsp3) is 0.688. The van der Waals surface area contributed by atoms with Gasteiger partial charge in [-0.1, -0.05) is 0 Å². The van der Waals surface area contributed by atoms with Crippen LogP contribution in [-0.4, -0.2) is 62.0 Å². The van der Waals surface area contributed by atoms with Crippen LogP contribution in [0.2, 0.25) is 0 Å². The summed E-state index contributed by atoms with van der Waals surface area (Å²) in [5, 5.41) is 3.18. The van der Waals surface area contributed by atoms with Crippen LogP contribution in [0.15, 0.2) is 18.3 Å². The Kier molecular flexibility index (Phi) is 5.57. The first kappa shape index (κ1) is 17.4. The molecule has 0 aliphatic carbocycles. The predicted octanol–water partition coefficient (Wildman–Crippen LogP) is 2.25. The van der Waals surface area contributed by atoms with E-state index in [2.05, 4.69) is 15.2 Å². The maximum Gasteiger partial charge on any atom is 0.417 e. The molecule has 134 valence electrons. The Morgan fingerprint density at radius 3 is 2.58 bits per heavy atom. The number of hydrogen-bond donors (Lipinski definition) is 1. The van der Waals surface area contributed by atoms with Gasteiger partial charge in [-0.2, -0.15) is 13.2 Å². The Morgan fingerprint density at radius 1 is 1.21 bits per heavy atom. The summed E-state index contributed by atoms with van der Waals surface area (Å²) in [5.41, 5.74) is -0.734. The average molecular weight is 345 g/mol. The molecule has 3 heterocycles. The molecule has 0 bridgehead atoms. The van der Waals surface area contributed by atoms with Crippen molar-refractivity contribution < 1.29 is 22.6 Å². The normalized spacial score (nSPS) is 24.0. The first-order chi connectivity index (χ1) is 11.5.